The summed E-state index contributed by atoms with van der Waals surface area (Å²) in [5.74, 6) is -0.973. The van der Waals surface area contributed by atoms with Gasteiger partial charge >= 0.3 is 5.97 Å². The van der Waals surface area contributed by atoms with E-state index in [1.165, 1.54) is 43.5 Å². The molecule has 0 spiro atoms. The van der Waals surface area contributed by atoms with Crippen LogP contribution in [0.1, 0.15) is 0 Å². The molecule has 168 valence electrons. The Morgan fingerprint density at radius 2 is 1.81 bits per heavy atom. The van der Waals surface area contributed by atoms with Crippen molar-refractivity contribution >= 4 is 67.4 Å². The van der Waals surface area contributed by atoms with Crippen molar-refractivity contribution in [1.29, 1.82) is 0 Å². The van der Waals surface area contributed by atoms with Crippen molar-refractivity contribution in [1.82, 2.24) is 10.2 Å². The summed E-state index contributed by atoms with van der Waals surface area (Å²) in [6.45, 7) is -0.497. The number of carbonyl (C=O) groups is 2. The number of esters is 1. The number of aromatic nitrogens is 2. The Kier molecular flexibility index (Phi) is 8.07. The first-order chi connectivity index (χ1) is 15.3. The molecule has 3 aromatic rings. The van der Waals surface area contributed by atoms with E-state index in [9.17, 15) is 18.0 Å². The van der Waals surface area contributed by atoms with E-state index < -0.39 is 28.4 Å². The average molecular weight is 513 g/mol. The number of anilines is 2. The van der Waals surface area contributed by atoms with E-state index >= 15 is 0 Å². The minimum atomic E-state index is -4.03. The maximum Gasteiger partial charge on any atom is 0.316 e. The van der Waals surface area contributed by atoms with Gasteiger partial charge < -0.3 is 4.74 Å². The number of ether oxygens (including phenoxy) is 1. The zero-order valence-corrected chi connectivity index (χ0v) is 19.8. The van der Waals surface area contributed by atoms with E-state index in [-0.39, 0.29) is 21.5 Å². The van der Waals surface area contributed by atoms with E-state index in [4.69, 9.17) is 11.6 Å². The smallest absolute Gasteiger partial charge is 0.316 e. The van der Waals surface area contributed by atoms with Crippen LogP contribution in [-0.2, 0) is 24.3 Å². The van der Waals surface area contributed by atoms with Crippen molar-refractivity contribution in [3.8, 4) is 0 Å². The molecule has 1 aromatic heterocycles. The summed E-state index contributed by atoms with van der Waals surface area (Å²) in [6.07, 6.45) is 0. The van der Waals surface area contributed by atoms with E-state index in [1.54, 1.807) is 18.2 Å². The Morgan fingerprint density at radius 3 is 2.47 bits per heavy atom. The fraction of sp³-hybridized carbons (Fsp3) is 0.158. The van der Waals surface area contributed by atoms with Crippen LogP contribution in [0.5, 0.6) is 0 Å². The summed E-state index contributed by atoms with van der Waals surface area (Å²) in [6, 6.07) is 13.9. The highest BCUT2D eigenvalue weighted by molar-refractivity contribution is 8.01. The number of carbonyl (C=O) groups excluding carboxylic acids is 2. The fourth-order valence-corrected chi connectivity index (χ4v) is 5.60. The second kappa shape index (κ2) is 10.8. The van der Waals surface area contributed by atoms with Crippen LogP contribution in [-0.4, -0.2) is 49.9 Å². The van der Waals surface area contributed by atoms with Crippen LogP contribution < -0.4 is 9.62 Å². The van der Waals surface area contributed by atoms with Crippen molar-refractivity contribution in [3.63, 3.8) is 0 Å². The molecule has 0 saturated heterocycles. The molecule has 3 rings (SSSR count). The molecule has 0 radical (unpaired) electrons. The Morgan fingerprint density at radius 1 is 1.12 bits per heavy atom. The van der Waals surface area contributed by atoms with Crippen molar-refractivity contribution in [2.45, 2.75) is 9.24 Å². The van der Waals surface area contributed by atoms with Crippen molar-refractivity contribution in [3.05, 3.63) is 59.6 Å². The number of methoxy groups -OCH3 is 1. The first-order valence-corrected chi connectivity index (χ1v) is 12.6. The van der Waals surface area contributed by atoms with E-state index in [1.807, 2.05) is 0 Å². The summed E-state index contributed by atoms with van der Waals surface area (Å²) in [5, 5.41) is 10.9. The zero-order chi connectivity index (χ0) is 23.1. The molecule has 0 saturated carbocycles. The molecule has 0 unspecified atom stereocenters. The predicted octanol–water partition coefficient (Wildman–Crippen LogP) is 3.29. The second-order valence-corrected chi connectivity index (χ2v) is 10.6. The highest BCUT2D eigenvalue weighted by atomic mass is 35.5. The number of sulfonamides is 1. The molecule has 1 N–H and O–H groups in total. The van der Waals surface area contributed by atoms with Gasteiger partial charge in [0.1, 0.15) is 6.54 Å². The van der Waals surface area contributed by atoms with Gasteiger partial charge in [-0.1, -0.05) is 52.9 Å². The number of rotatable bonds is 9. The summed E-state index contributed by atoms with van der Waals surface area (Å²) >= 11 is 8.10. The van der Waals surface area contributed by atoms with Crippen LogP contribution in [0, 0.1) is 0 Å². The van der Waals surface area contributed by atoms with Crippen molar-refractivity contribution in [2.24, 2.45) is 0 Å². The molecule has 1 heterocycles. The van der Waals surface area contributed by atoms with E-state index in [0.29, 0.717) is 9.36 Å². The van der Waals surface area contributed by atoms with Crippen molar-refractivity contribution in [2.75, 3.05) is 29.0 Å². The molecule has 32 heavy (non-hydrogen) atoms. The Bertz CT molecular complexity index is 1190. The molecule has 0 bridgehead atoms. The average Bonchev–Trinajstić information content (AvgIpc) is 3.24. The lowest BCUT2D eigenvalue weighted by molar-refractivity contribution is -0.137. The largest absolute Gasteiger partial charge is 0.468 e. The normalized spacial score (nSPS) is 11.1. The van der Waals surface area contributed by atoms with Gasteiger partial charge in [-0.2, -0.15) is 0 Å². The SMILES string of the molecule is COC(=O)CSc1nnc(NC(=O)CN(c2ccc(Cl)cc2)S(=O)(=O)c2ccccc2)s1. The van der Waals surface area contributed by atoms with E-state index in [0.717, 1.165) is 27.4 Å². The third-order valence-electron chi connectivity index (χ3n) is 3.93. The monoisotopic (exact) mass is 512 g/mol. The lowest BCUT2D eigenvalue weighted by Crippen LogP contribution is -2.38. The van der Waals surface area contributed by atoms with Crippen molar-refractivity contribution < 1.29 is 22.7 Å². The molecule has 0 fully saturated rings. The Hall–Kier alpha value is -2.67. The maximum absolute atomic E-state index is 13.2. The number of amides is 1. The van der Waals surface area contributed by atoms with Gasteiger partial charge in [-0.15, -0.1) is 10.2 Å². The van der Waals surface area contributed by atoms with Gasteiger partial charge in [0.25, 0.3) is 10.0 Å². The molecule has 0 aliphatic carbocycles. The Balaban J connectivity index is 1.78. The molecule has 0 aliphatic heterocycles. The highest BCUT2D eigenvalue weighted by Gasteiger charge is 2.27. The number of hydrogen-bond acceptors (Lipinski definition) is 9. The quantitative estimate of drug-likeness (QED) is 0.263. The molecule has 0 atom stereocenters. The van der Waals surface area contributed by atoms with Crippen LogP contribution in [0.25, 0.3) is 0 Å². The third-order valence-corrected chi connectivity index (χ3v) is 7.91. The first kappa shape index (κ1) is 24.0. The standard InChI is InChI=1S/C19H17ClN4O5S3/c1-29-17(26)12-30-19-23-22-18(31-19)21-16(25)11-24(14-9-7-13(20)8-10-14)32(27,28)15-5-3-2-4-6-15/h2-10H,11-12H2,1H3,(H,21,22,25). The van der Waals surface area contributed by atoms with Gasteiger partial charge in [-0.3, -0.25) is 19.2 Å². The zero-order valence-electron chi connectivity index (χ0n) is 16.6. The number of benzene rings is 2. The Labute approximate surface area is 197 Å². The number of hydrogen-bond donors (Lipinski definition) is 1. The fourth-order valence-electron chi connectivity index (χ4n) is 2.43. The molecular weight excluding hydrogens is 496 g/mol. The van der Waals surface area contributed by atoms with Gasteiger partial charge in [0.15, 0.2) is 4.34 Å². The van der Waals surface area contributed by atoms with Gasteiger partial charge in [0, 0.05) is 5.02 Å². The first-order valence-electron chi connectivity index (χ1n) is 8.96. The molecule has 1 amide bonds. The van der Waals surface area contributed by atoms with Crippen LogP contribution in [0.2, 0.25) is 5.02 Å². The van der Waals surface area contributed by atoms with Crippen LogP contribution in [0.4, 0.5) is 10.8 Å². The maximum atomic E-state index is 13.2. The van der Waals surface area contributed by atoms with Gasteiger partial charge in [-0.25, -0.2) is 8.42 Å². The van der Waals surface area contributed by atoms with Crippen LogP contribution in [0.3, 0.4) is 0 Å². The summed E-state index contributed by atoms with van der Waals surface area (Å²) in [5.41, 5.74) is 0.278. The topological polar surface area (TPSA) is 119 Å². The molecule has 13 heteroatoms. The number of nitrogens with one attached hydrogen (secondary N) is 1. The molecule has 2 aromatic carbocycles. The van der Waals surface area contributed by atoms with Crippen LogP contribution >= 0.6 is 34.7 Å². The van der Waals surface area contributed by atoms with Gasteiger partial charge in [0.2, 0.25) is 11.0 Å². The van der Waals surface area contributed by atoms with Gasteiger partial charge in [0.05, 0.1) is 23.4 Å². The molecular formula is C19H17ClN4O5S3. The lowest BCUT2D eigenvalue weighted by Gasteiger charge is -2.24. The number of nitrogens with zero attached hydrogens (tertiary/aromatic N) is 3. The lowest BCUT2D eigenvalue weighted by atomic mass is 10.3. The third kappa shape index (κ3) is 6.19. The minimum absolute atomic E-state index is 0.0418. The minimum Gasteiger partial charge on any atom is -0.468 e. The van der Waals surface area contributed by atoms with Crippen LogP contribution in [0.15, 0.2) is 63.8 Å². The second-order valence-electron chi connectivity index (χ2n) is 6.09. The number of halogens is 1. The summed E-state index contributed by atoms with van der Waals surface area (Å²) in [4.78, 5) is 23.9. The predicted molar refractivity (Wildman–Crippen MR) is 124 cm³/mol. The summed E-state index contributed by atoms with van der Waals surface area (Å²) < 4.78 is 32.5. The van der Waals surface area contributed by atoms with E-state index in [2.05, 4.69) is 20.3 Å². The molecule has 0 aliphatic rings. The van der Waals surface area contributed by atoms with Gasteiger partial charge in [-0.05, 0) is 36.4 Å². The highest BCUT2D eigenvalue weighted by Crippen LogP contribution is 2.27. The number of thioether (sulfide) groups is 1. The molecule has 9 nitrogen and oxygen atoms in total. The summed E-state index contributed by atoms with van der Waals surface area (Å²) in [7, 11) is -2.75.